The molecule has 0 spiro atoms. The van der Waals surface area contributed by atoms with Crippen LogP contribution >= 0.6 is 0 Å². The zero-order valence-corrected chi connectivity index (χ0v) is 11.5. The second-order valence-corrected chi connectivity index (χ2v) is 4.57. The molecule has 0 aliphatic heterocycles. The van der Waals surface area contributed by atoms with Crippen molar-refractivity contribution >= 4 is 0 Å². The molecule has 0 unspecified atom stereocenters. The Bertz CT molecular complexity index is 536. The van der Waals surface area contributed by atoms with E-state index in [0.29, 0.717) is 13.2 Å². The number of aromatic nitrogens is 3. The van der Waals surface area contributed by atoms with Gasteiger partial charge in [0, 0.05) is 19.5 Å². The summed E-state index contributed by atoms with van der Waals surface area (Å²) in [7, 11) is 0. The van der Waals surface area contributed by atoms with E-state index in [2.05, 4.69) is 23.3 Å². The quantitative estimate of drug-likeness (QED) is 0.805. The number of nitrogens with zero attached hydrogens (tertiary/aromatic N) is 3. The Balaban J connectivity index is 1.79. The number of nitrogens with two attached hydrogens (primary N) is 1. The van der Waals surface area contributed by atoms with Gasteiger partial charge in [-0.05, 0) is 31.5 Å². The van der Waals surface area contributed by atoms with E-state index >= 15 is 0 Å². The molecule has 0 aliphatic rings. The van der Waals surface area contributed by atoms with Crippen molar-refractivity contribution in [3.05, 3.63) is 41.2 Å². The number of hydrogen-bond donors (Lipinski definition) is 1. The number of aryl methyl sites for hydroxylation is 2. The van der Waals surface area contributed by atoms with E-state index in [-0.39, 0.29) is 0 Å². The van der Waals surface area contributed by atoms with Crippen molar-refractivity contribution in [2.75, 3.05) is 6.61 Å². The molecule has 1 heterocycles. The Hall–Kier alpha value is -1.88. The highest BCUT2D eigenvalue weighted by Gasteiger charge is 2.05. The summed E-state index contributed by atoms with van der Waals surface area (Å²) >= 11 is 0. The fourth-order valence-corrected chi connectivity index (χ4v) is 1.91. The van der Waals surface area contributed by atoms with E-state index in [1.54, 1.807) is 0 Å². The summed E-state index contributed by atoms with van der Waals surface area (Å²) in [6, 6.07) is 8.06. The minimum Gasteiger partial charge on any atom is -0.494 e. The van der Waals surface area contributed by atoms with Crippen LogP contribution in [-0.4, -0.2) is 21.6 Å². The summed E-state index contributed by atoms with van der Waals surface area (Å²) in [5, 5.41) is 8.11. The van der Waals surface area contributed by atoms with E-state index < -0.39 is 0 Å². The molecule has 1 aromatic heterocycles. The molecule has 0 atom stereocenters. The highest BCUT2D eigenvalue weighted by Crippen LogP contribution is 2.12. The van der Waals surface area contributed by atoms with Gasteiger partial charge in [0.15, 0.2) is 0 Å². The zero-order valence-electron chi connectivity index (χ0n) is 11.5. The highest BCUT2D eigenvalue weighted by atomic mass is 16.5. The fraction of sp³-hybridized carbons (Fsp3) is 0.429. The predicted octanol–water partition coefficient (Wildman–Crippen LogP) is 1.82. The van der Waals surface area contributed by atoms with Gasteiger partial charge in [-0.2, -0.15) is 0 Å². The highest BCUT2D eigenvalue weighted by molar-refractivity contribution is 5.27. The van der Waals surface area contributed by atoms with Crippen LogP contribution < -0.4 is 10.5 Å². The van der Waals surface area contributed by atoms with Crippen molar-refractivity contribution in [1.82, 2.24) is 15.0 Å². The number of benzene rings is 1. The Morgan fingerprint density at radius 3 is 2.84 bits per heavy atom. The van der Waals surface area contributed by atoms with Crippen molar-refractivity contribution in [3.8, 4) is 5.75 Å². The minimum absolute atomic E-state index is 0.436. The molecule has 0 aliphatic carbocycles. The van der Waals surface area contributed by atoms with Crippen molar-refractivity contribution in [1.29, 1.82) is 0 Å². The fourth-order valence-electron chi connectivity index (χ4n) is 1.91. The molecular formula is C14H20N4O. The van der Waals surface area contributed by atoms with Crippen LogP contribution in [0, 0.1) is 13.8 Å². The summed E-state index contributed by atoms with van der Waals surface area (Å²) in [4.78, 5) is 0. The third-order valence-electron chi connectivity index (χ3n) is 3.04. The lowest BCUT2D eigenvalue weighted by Crippen LogP contribution is -2.08. The normalized spacial score (nSPS) is 10.7. The van der Waals surface area contributed by atoms with Crippen LogP contribution in [0.4, 0.5) is 0 Å². The van der Waals surface area contributed by atoms with Crippen molar-refractivity contribution in [2.45, 2.75) is 33.4 Å². The maximum atomic E-state index is 5.70. The minimum atomic E-state index is 0.436. The van der Waals surface area contributed by atoms with Crippen LogP contribution in [0.5, 0.6) is 5.75 Å². The molecule has 0 saturated carbocycles. The lowest BCUT2D eigenvalue weighted by molar-refractivity contribution is 0.297. The van der Waals surface area contributed by atoms with Crippen LogP contribution in [0.2, 0.25) is 0 Å². The van der Waals surface area contributed by atoms with E-state index in [0.717, 1.165) is 30.1 Å². The molecule has 0 saturated heterocycles. The molecule has 0 fully saturated rings. The van der Waals surface area contributed by atoms with Gasteiger partial charge >= 0.3 is 0 Å². The summed E-state index contributed by atoms with van der Waals surface area (Å²) in [6.45, 7) is 5.95. The molecule has 1 aromatic carbocycles. The monoisotopic (exact) mass is 260 g/mol. The van der Waals surface area contributed by atoms with Crippen molar-refractivity contribution in [3.63, 3.8) is 0 Å². The van der Waals surface area contributed by atoms with Gasteiger partial charge < -0.3 is 10.5 Å². The molecule has 5 heteroatoms. The topological polar surface area (TPSA) is 66.0 Å². The molecule has 0 bridgehead atoms. The second kappa shape index (κ2) is 6.33. The average molecular weight is 260 g/mol. The van der Waals surface area contributed by atoms with Gasteiger partial charge in [0.2, 0.25) is 0 Å². The Labute approximate surface area is 113 Å². The van der Waals surface area contributed by atoms with Crippen LogP contribution in [0.1, 0.15) is 23.4 Å². The summed E-state index contributed by atoms with van der Waals surface area (Å²) in [6.07, 6.45) is 0.891. The van der Waals surface area contributed by atoms with Gasteiger partial charge in [-0.1, -0.05) is 17.3 Å². The van der Waals surface area contributed by atoms with E-state index in [9.17, 15) is 0 Å². The third kappa shape index (κ3) is 3.54. The Morgan fingerprint density at radius 2 is 2.16 bits per heavy atom. The number of rotatable bonds is 6. The largest absolute Gasteiger partial charge is 0.494 e. The standard InChI is InChI=1S/C14H20N4O/c1-11-5-3-6-13(9-11)19-8-4-7-18-12(2)14(10-15)16-17-18/h3,5-6,9H,4,7-8,10,15H2,1-2H3. The Morgan fingerprint density at radius 1 is 1.32 bits per heavy atom. The molecule has 2 N–H and O–H groups in total. The molecule has 0 radical (unpaired) electrons. The smallest absolute Gasteiger partial charge is 0.119 e. The predicted molar refractivity (Wildman–Crippen MR) is 73.9 cm³/mol. The first-order chi connectivity index (χ1) is 9.20. The average Bonchev–Trinajstić information content (AvgIpc) is 2.76. The summed E-state index contributed by atoms with van der Waals surface area (Å²) in [5.74, 6) is 0.915. The second-order valence-electron chi connectivity index (χ2n) is 4.57. The third-order valence-corrected chi connectivity index (χ3v) is 3.04. The maximum Gasteiger partial charge on any atom is 0.119 e. The van der Waals surface area contributed by atoms with Gasteiger partial charge in [-0.3, -0.25) is 0 Å². The van der Waals surface area contributed by atoms with Gasteiger partial charge in [0.05, 0.1) is 18.0 Å². The van der Waals surface area contributed by atoms with Crippen LogP contribution in [0.25, 0.3) is 0 Å². The summed E-state index contributed by atoms with van der Waals surface area (Å²) < 4.78 is 7.57. The van der Waals surface area contributed by atoms with Crippen molar-refractivity contribution in [2.24, 2.45) is 5.73 Å². The first-order valence-corrected chi connectivity index (χ1v) is 6.49. The van der Waals surface area contributed by atoms with Crippen molar-refractivity contribution < 1.29 is 4.74 Å². The Kier molecular flexibility index (Phi) is 4.52. The van der Waals surface area contributed by atoms with Gasteiger partial charge in [-0.15, -0.1) is 5.10 Å². The number of ether oxygens (including phenoxy) is 1. The van der Waals surface area contributed by atoms with Crippen LogP contribution in [0.3, 0.4) is 0 Å². The zero-order chi connectivity index (χ0) is 13.7. The first-order valence-electron chi connectivity index (χ1n) is 6.49. The molecule has 5 nitrogen and oxygen atoms in total. The lowest BCUT2D eigenvalue weighted by atomic mass is 10.2. The molecule has 0 amide bonds. The maximum absolute atomic E-state index is 5.70. The summed E-state index contributed by atoms with van der Waals surface area (Å²) in [5.41, 5.74) is 8.67. The van der Waals surface area contributed by atoms with Gasteiger partial charge in [0.25, 0.3) is 0 Å². The van der Waals surface area contributed by atoms with Crippen LogP contribution in [-0.2, 0) is 13.1 Å². The molecule has 2 aromatic rings. The number of hydrogen-bond acceptors (Lipinski definition) is 4. The molecule has 19 heavy (non-hydrogen) atoms. The SMILES string of the molecule is Cc1cccc(OCCCn2nnc(CN)c2C)c1. The molecular weight excluding hydrogens is 240 g/mol. The van der Waals surface area contributed by atoms with E-state index in [1.807, 2.05) is 29.8 Å². The lowest BCUT2D eigenvalue weighted by Gasteiger charge is -2.07. The molecule has 102 valence electrons. The van der Waals surface area contributed by atoms with E-state index in [1.165, 1.54) is 5.56 Å². The first kappa shape index (κ1) is 13.5. The van der Waals surface area contributed by atoms with Gasteiger partial charge in [0.1, 0.15) is 5.75 Å². The molecule has 2 rings (SSSR count). The van der Waals surface area contributed by atoms with E-state index in [4.69, 9.17) is 10.5 Å². The van der Waals surface area contributed by atoms with Crippen LogP contribution in [0.15, 0.2) is 24.3 Å². The van der Waals surface area contributed by atoms with Gasteiger partial charge in [-0.25, -0.2) is 4.68 Å².